The van der Waals surface area contributed by atoms with Gasteiger partial charge in [0.15, 0.2) is 0 Å². The van der Waals surface area contributed by atoms with Crippen LogP contribution >= 0.6 is 0 Å². The molecule has 0 saturated carbocycles. The molecule has 21 heavy (non-hydrogen) atoms. The summed E-state index contributed by atoms with van der Waals surface area (Å²) in [5, 5.41) is 9.85. The minimum absolute atomic E-state index is 0.0883. The van der Waals surface area contributed by atoms with E-state index in [4.69, 9.17) is 4.74 Å². The molecule has 1 unspecified atom stereocenters. The van der Waals surface area contributed by atoms with Crippen LogP contribution in [-0.2, 0) is 12.6 Å². The van der Waals surface area contributed by atoms with E-state index in [0.717, 1.165) is 12.1 Å². The van der Waals surface area contributed by atoms with E-state index in [0.29, 0.717) is 11.3 Å². The van der Waals surface area contributed by atoms with Crippen molar-refractivity contribution in [3.05, 3.63) is 65.7 Å². The molecular weight excluding hydrogens is 281 g/mol. The molecule has 0 fully saturated rings. The number of aliphatic hydroxyl groups excluding tert-OH is 1. The Hall–Kier alpha value is -2.01. The first-order valence-corrected chi connectivity index (χ1v) is 6.47. The van der Waals surface area contributed by atoms with Gasteiger partial charge < -0.3 is 9.84 Å². The number of benzene rings is 2. The van der Waals surface area contributed by atoms with Crippen LogP contribution in [0.4, 0.5) is 13.2 Å². The van der Waals surface area contributed by atoms with Gasteiger partial charge in [-0.3, -0.25) is 0 Å². The SMILES string of the molecule is OC(COc1ccccc1)Cc1ccc(C(F)(F)F)cc1. The third kappa shape index (κ3) is 4.79. The average Bonchev–Trinajstić information content (AvgIpc) is 2.46. The normalized spacial score (nSPS) is 13.0. The topological polar surface area (TPSA) is 29.5 Å². The molecule has 0 radical (unpaired) electrons. The molecule has 112 valence electrons. The molecule has 1 atom stereocenters. The monoisotopic (exact) mass is 296 g/mol. The predicted molar refractivity (Wildman–Crippen MR) is 73.1 cm³/mol. The van der Waals surface area contributed by atoms with Crippen LogP contribution < -0.4 is 4.74 Å². The molecule has 2 rings (SSSR count). The Morgan fingerprint density at radius 2 is 1.57 bits per heavy atom. The predicted octanol–water partition coefficient (Wildman–Crippen LogP) is 3.69. The summed E-state index contributed by atoms with van der Waals surface area (Å²) >= 11 is 0. The van der Waals surface area contributed by atoms with Crippen LogP contribution in [0.3, 0.4) is 0 Å². The molecule has 0 saturated heterocycles. The van der Waals surface area contributed by atoms with Crippen molar-refractivity contribution in [2.24, 2.45) is 0 Å². The number of ether oxygens (including phenoxy) is 1. The van der Waals surface area contributed by atoms with E-state index in [1.807, 2.05) is 18.2 Å². The van der Waals surface area contributed by atoms with Gasteiger partial charge in [-0.25, -0.2) is 0 Å². The van der Waals surface area contributed by atoms with Crippen molar-refractivity contribution in [2.45, 2.75) is 18.7 Å². The fourth-order valence-electron chi connectivity index (χ4n) is 1.87. The van der Waals surface area contributed by atoms with Gasteiger partial charge in [-0.15, -0.1) is 0 Å². The van der Waals surface area contributed by atoms with Gasteiger partial charge in [0.2, 0.25) is 0 Å². The average molecular weight is 296 g/mol. The van der Waals surface area contributed by atoms with Crippen molar-refractivity contribution in [3.8, 4) is 5.75 Å². The number of alkyl halides is 3. The summed E-state index contributed by atoms with van der Waals surface area (Å²) in [5.74, 6) is 0.643. The minimum Gasteiger partial charge on any atom is -0.491 e. The quantitative estimate of drug-likeness (QED) is 0.912. The molecule has 0 aliphatic carbocycles. The van der Waals surface area contributed by atoms with E-state index in [1.54, 1.807) is 12.1 Å². The first-order valence-electron chi connectivity index (χ1n) is 6.47. The number of para-hydroxylation sites is 1. The van der Waals surface area contributed by atoms with Crippen LogP contribution in [0.25, 0.3) is 0 Å². The maximum atomic E-state index is 12.4. The van der Waals surface area contributed by atoms with Crippen LogP contribution in [-0.4, -0.2) is 17.8 Å². The Bertz CT molecular complexity index is 550. The molecule has 2 nitrogen and oxygen atoms in total. The highest BCUT2D eigenvalue weighted by molar-refractivity contribution is 5.25. The number of hydrogen-bond donors (Lipinski definition) is 1. The van der Waals surface area contributed by atoms with E-state index in [-0.39, 0.29) is 13.0 Å². The minimum atomic E-state index is -4.34. The van der Waals surface area contributed by atoms with Gasteiger partial charge in [-0.05, 0) is 29.8 Å². The van der Waals surface area contributed by atoms with Gasteiger partial charge in [-0.1, -0.05) is 30.3 Å². The Labute approximate surface area is 120 Å². The van der Waals surface area contributed by atoms with Crippen molar-refractivity contribution in [1.29, 1.82) is 0 Å². The van der Waals surface area contributed by atoms with E-state index in [9.17, 15) is 18.3 Å². The summed E-state index contributed by atoms with van der Waals surface area (Å²) in [4.78, 5) is 0. The molecular formula is C16H15F3O2. The molecule has 0 amide bonds. The van der Waals surface area contributed by atoms with Crippen molar-refractivity contribution < 1.29 is 23.0 Å². The lowest BCUT2D eigenvalue weighted by Gasteiger charge is -2.13. The van der Waals surface area contributed by atoms with Crippen molar-refractivity contribution in [2.75, 3.05) is 6.61 Å². The van der Waals surface area contributed by atoms with Gasteiger partial charge in [0.05, 0.1) is 11.7 Å². The molecule has 1 N–H and O–H groups in total. The van der Waals surface area contributed by atoms with Crippen LogP contribution in [0.5, 0.6) is 5.75 Å². The number of aliphatic hydroxyl groups is 1. The van der Waals surface area contributed by atoms with Crippen molar-refractivity contribution in [1.82, 2.24) is 0 Å². The van der Waals surface area contributed by atoms with Crippen LogP contribution in [0.15, 0.2) is 54.6 Å². The summed E-state index contributed by atoms with van der Waals surface area (Å²) in [6.45, 7) is 0.0883. The van der Waals surface area contributed by atoms with Gasteiger partial charge >= 0.3 is 6.18 Å². The van der Waals surface area contributed by atoms with E-state index < -0.39 is 17.8 Å². The molecule has 0 aliphatic heterocycles. The number of hydrogen-bond acceptors (Lipinski definition) is 2. The van der Waals surface area contributed by atoms with E-state index in [2.05, 4.69) is 0 Å². The third-order valence-electron chi connectivity index (χ3n) is 2.94. The number of halogens is 3. The van der Waals surface area contributed by atoms with Crippen LogP contribution in [0.2, 0.25) is 0 Å². The lowest BCUT2D eigenvalue weighted by molar-refractivity contribution is -0.137. The molecule has 5 heteroatoms. The second-order valence-corrected chi connectivity index (χ2v) is 4.68. The van der Waals surface area contributed by atoms with Crippen molar-refractivity contribution >= 4 is 0 Å². The summed E-state index contributed by atoms with van der Waals surface area (Å²) in [7, 11) is 0. The highest BCUT2D eigenvalue weighted by Gasteiger charge is 2.29. The molecule has 0 bridgehead atoms. The summed E-state index contributed by atoms with van der Waals surface area (Å²) < 4.78 is 42.7. The second kappa shape index (κ2) is 6.63. The standard InChI is InChI=1S/C16H15F3O2/c17-16(18,19)13-8-6-12(7-9-13)10-14(20)11-21-15-4-2-1-3-5-15/h1-9,14,20H,10-11H2. The van der Waals surface area contributed by atoms with Gasteiger partial charge in [0.25, 0.3) is 0 Å². The first-order chi connectivity index (χ1) is 9.95. The van der Waals surface area contributed by atoms with Gasteiger partial charge in [0.1, 0.15) is 12.4 Å². The van der Waals surface area contributed by atoms with Crippen LogP contribution in [0, 0.1) is 0 Å². The Morgan fingerprint density at radius 3 is 2.14 bits per heavy atom. The lowest BCUT2D eigenvalue weighted by Crippen LogP contribution is -2.20. The van der Waals surface area contributed by atoms with E-state index >= 15 is 0 Å². The zero-order valence-corrected chi connectivity index (χ0v) is 11.2. The summed E-state index contributed by atoms with van der Waals surface area (Å²) in [6, 6.07) is 13.8. The lowest BCUT2D eigenvalue weighted by atomic mass is 10.1. The van der Waals surface area contributed by atoms with Gasteiger partial charge in [0, 0.05) is 6.42 Å². The summed E-state index contributed by atoms with van der Waals surface area (Å²) in [5.41, 5.74) is -0.0616. The third-order valence-corrected chi connectivity index (χ3v) is 2.94. The fraction of sp³-hybridized carbons (Fsp3) is 0.250. The smallest absolute Gasteiger partial charge is 0.416 e. The first kappa shape index (κ1) is 15.4. The van der Waals surface area contributed by atoms with E-state index in [1.165, 1.54) is 12.1 Å². The zero-order chi connectivity index (χ0) is 15.3. The Kier molecular flexibility index (Phi) is 4.85. The maximum absolute atomic E-state index is 12.4. The Morgan fingerprint density at radius 1 is 0.952 bits per heavy atom. The molecule has 0 aromatic heterocycles. The number of rotatable bonds is 5. The molecule has 0 aliphatic rings. The summed E-state index contributed by atoms with van der Waals surface area (Å²) in [6.07, 6.45) is -4.87. The highest BCUT2D eigenvalue weighted by atomic mass is 19.4. The van der Waals surface area contributed by atoms with Crippen LogP contribution in [0.1, 0.15) is 11.1 Å². The maximum Gasteiger partial charge on any atom is 0.416 e. The van der Waals surface area contributed by atoms with Gasteiger partial charge in [-0.2, -0.15) is 13.2 Å². The molecule has 0 heterocycles. The fourth-order valence-corrected chi connectivity index (χ4v) is 1.87. The second-order valence-electron chi connectivity index (χ2n) is 4.68. The Balaban J connectivity index is 1.86. The molecule has 0 spiro atoms. The molecule has 2 aromatic carbocycles. The zero-order valence-electron chi connectivity index (χ0n) is 11.2. The largest absolute Gasteiger partial charge is 0.491 e. The highest BCUT2D eigenvalue weighted by Crippen LogP contribution is 2.29. The van der Waals surface area contributed by atoms with Crippen molar-refractivity contribution in [3.63, 3.8) is 0 Å². The molecule has 2 aromatic rings.